The van der Waals surface area contributed by atoms with Crippen LogP contribution in [0, 0.1) is 0 Å². The zero-order chi connectivity index (χ0) is 33.7. The number of benzene rings is 1. The number of nitrogens with zero attached hydrogens (tertiary/aromatic N) is 5. The molecule has 3 amide bonds. The molecular weight excluding hydrogens is 643 g/mol. The second-order valence-corrected chi connectivity index (χ2v) is 14.3. The van der Waals surface area contributed by atoms with E-state index in [9.17, 15) is 14.4 Å². The Hall–Kier alpha value is -4.13. The predicted octanol–water partition coefficient (Wildman–Crippen LogP) is 4.27. The van der Waals surface area contributed by atoms with Gasteiger partial charge in [-0.25, -0.2) is 14.8 Å². The van der Waals surface area contributed by atoms with Crippen LogP contribution in [0.15, 0.2) is 42.5 Å². The zero-order valence-corrected chi connectivity index (χ0v) is 28.5. The molecule has 0 saturated carbocycles. The van der Waals surface area contributed by atoms with Gasteiger partial charge in [-0.3, -0.25) is 9.59 Å². The van der Waals surface area contributed by atoms with Crippen LogP contribution < -0.4 is 16.0 Å². The van der Waals surface area contributed by atoms with E-state index in [2.05, 4.69) is 25.9 Å². The van der Waals surface area contributed by atoms with E-state index in [1.165, 1.54) is 0 Å². The number of hydrogen-bond donors (Lipinski definition) is 3. The van der Waals surface area contributed by atoms with Gasteiger partial charge in [-0.15, -0.1) is 0 Å². The van der Waals surface area contributed by atoms with Crippen LogP contribution in [0.4, 0.5) is 10.5 Å². The van der Waals surface area contributed by atoms with Crippen molar-refractivity contribution in [2.75, 3.05) is 18.4 Å². The lowest BCUT2D eigenvalue weighted by atomic mass is 9.92. The molecule has 1 unspecified atom stereocenters. The maximum atomic E-state index is 13.6. The Morgan fingerprint density at radius 2 is 1.72 bits per heavy atom. The molecule has 2 aromatic heterocycles. The number of carbonyl (C=O) groups excluding carboxylic acids is 3. The van der Waals surface area contributed by atoms with Crippen LogP contribution >= 0.6 is 23.2 Å². The summed E-state index contributed by atoms with van der Waals surface area (Å²) in [6.45, 7) is 7.63. The molecule has 0 fully saturated rings. The molecule has 248 valence electrons. The molecule has 0 radical (unpaired) electrons. The van der Waals surface area contributed by atoms with Crippen molar-refractivity contribution in [1.29, 1.82) is 0 Å². The van der Waals surface area contributed by atoms with Gasteiger partial charge in [0.2, 0.25) is 0 Å². The fraction of sp³-hybridized carbons (Fsp3) is 0.424. The average molecular weight is 682 g/mol. The monoisotopic (exact) mass is 680 g/mol. The molecule has 12 nitrogen and oxygen atoms in total. The summed E-state index contributed by atoms with van der Waals surface area (Å²) in [5.41, 5.74) is 4.60. The topological polar surface area (TPSA) is 135 Å². The minimum atomic E-state index is -1.54. The Morgan fingerprint density at radius 3 is 2.45 bits per heavy atom. The molecule has 1 aromatic carbocycles. The lowest BCUT2D eigenvalue weighted by Crippen LogP contribution is -2.47. The fourth-order valence-electron chi connectivity index (χ4n) is 6.12. The minimum Gasteiger partial charge on any atom is -0.444 e. The second kappa shape index (κ2) is 12.5. The Balaban J connectivity index is 1.15. The highest BCUT2D eigenvalue weighted by atomic mass is 35.5. The largest absolute Gasteiger partial charge is 0.444 e. The number of allylic oxidation sites excluding steroid dienone is 2. The summed E-state index contributed by atoms with van der Waals surface area (Å²) < 4.78 is 7.56. The third kappa shape index (κ3) is 6.54. The van der Waals surface area contributed by atoms with E-state index in [1.54, 1.807) is 52.9 Å². The number of nitrogens with one attached hydrogen (secondary N) is 3. The average Bonchev–Trinajstić information content (AvgIpc) is 3.53. The van der Waals surface area contributed by atoms with Crippen molar-refractivity contribution in [3.05, 3.63) is 82.5 Å². The molecule has 3 N–H and O–H groups in total. The summed E-state index contributed by atoms with van der Waals surface area (Å²) in [4.78, 5) is 50.1. The number of halogens is 2. The summed E-state index contributed by atoms with van der Waals surface area (Å²) in [5.74, 6) is -0.256. The van der Waals surface area contributed by atoms with Crippen LogP contribution in [0.1, 0.15) is 70.3 Å². The molecule has 1 atom stereocenters. The van der Waals surface area contributed by atoms with E-state index in [4.69, 9.17) is 27.9 Å². The number of alkyl halides is 2. The van der Waals surface area contributed by atoms with Crippen molar-refractivity contribution < 1.29 is 19.1 Å². The smallest absolute Gasteiger partial charge is 0.410 e. The van der Waals surface area contributed by atoms with Crippen LogP contribution in [0.3, 0.4) is 0 Å². The second-order valence-electron chi connectivity index (χ2n) is 12.9. The first-order chi connectivity index (χ1) is 22.2. The molecule has 0 spiro atoms. The number of carbonyl (C=O) groups is 3. The molecule has 14 heteroatoms. The maximum absolute atomic E-state index is 13.6. The Morgan fingerprint density at radius 1 is 1.02 bits per heavy atom. The summed E-state index contributed by atoms with van der Waals surface area (Å²) in [6.07, 6.45) is 6.21. The minimum absolute atomic E-state index is 0.186. The van der Waals surface area contributed by atoms with Crippen LogP contribution in [0.5, 0.6) is 0 Å². The first-order valence-electron chi connectivity index (χ1n) is 15.5. The van der Waals surface area contributed by atoms with Crippen LogP contribution in [-0.4, -0.2) is 71.0 Å². The summed E-state index contributed by atoms with van der Waals surface area (Å²) in [6, 6.07) is 6.41. The molecule has 0 saturated heterocycles. The highest BCUT2D eigenvalue weighted by molar-refractivity contribution is 6.55. The highest BCUT2D eigenvalue weighted by Gasteiger charge is 2.41. The highest BCUT2D eigenvalue weighted by Crippen LogP contribution is 2.43. The number of ether oxygens (including phenoxy) is 1. The molecule has 3 aromatic rings. The summed E-state index contributed by atoms with van der Waals surface area (Å²) >= 11 is 14.0. The van der Waals surface area contributed by atoms with Crippen molar-refractivity contribution >= 4 is 52.4 Å². The SMILES string of the molecule is Cn1c(C(=O)Nc2cccc(C3=CC=CC(NC(=O)c4nc5c(n4C)CCN(C(=O)OC(C)(C)C)C5)C3(Cl)Cl)c2)nc2c1CCNC2. The molecule has 2 aliphatic heterocycles. The number of anilines is 1. The summed E-state index contributed by atoms with van der Waals surface area (Å²) in [7, 11) is 3.63. The number of aromatic nitrogens is 4. The van der Waals surface area contributed by atoms with Crippen LogP contribution in [-0.2, 0) is 44.8 Å². The maximum Gasteiger partial charge on any atom is 0.410 e. The van der Waals surface area contributed by atoms with Crippen molar-refractivity contribution in [3.8, 4) is 0 Å². The van der Waals surface area contributed by atoms with E-state index in [1.807, 2.05) is 38.5 Å². The van der Waals surface area contributed by atoms with Crippen molar-refractivity contribution in [2.45, 2.75) is 62.7 Å². The lowest BCUT2D eigenvalue weighted by Gasteiger charge is -2.33. The van der Waals surface area contributed by atoms with Gasteiger partial charge < -0.3 is 34.7 Å². The quantitative estimate of drug-likeness (QED) is 0.343. The number of rotatable bonds is 5. The van der Waals surface area contributed by atoms with Gasteiger partial charge in [0.25, 0.3) is 11.8 Å². The van der Waals surface area contributed by atoms with Gasteiger partial charge in [-0.1, -0.05) is 53.6 Å². The van der Waals surface area contributed by atoms with E-state index in [0.29, 0.717) is 47.9 Å². The number of hydrogen-bond acceptors (Lipinski definition) is 7. The van der Waals surface area contributed by atoms with Crippen molar-refractivity contribution in [2.24, 2.45) is 14.1 Å². The Kier molecular flexibility index (Phi) is 8.71. The van der Waals surface area contributed by atoms with Crippen LogP contribution in [0.2, 0.25) is 0 Å². The first-order valence-corrected chi connectivity index (χ1v) is 16.3. The van der Waals surface area contributed by atoms with Crippen molar-refractivity contribution in [1.82, 2.24) is 34.6 Å². The van der Waals surface area contributed by atoms with E-state index in [-0.39, 0.29) is 18.3 Å². The first kappa shape index (κ1) is 32.8. The normalized spacial score (nSPS) is 18.6. The Bertz CT molecular complexity index is 1820. The third-order valence-electron chi connectivity index (χ3n) is 8.48. The molecule has 3 aliphatic rings. The molecule has 1 aliphatic carbocycles. The molecule has 47 heavy (non-hydrogen) atoms. The number of amides is 3. The molecule has 6 rings (SSSR count). The van der Waals surface area contributed by atoms with Crippen molar-refractivity contribution in [3.63, 3.8) is 0 Å². The van der Waals surface area contributed by atoms with Gasteiger partial charge >= 0.3 is 6.09 Å². The van der Waals surface area contributed by atoms with Gasteiger partial charge in [0.15, 0.2) is 16.0 Å². The fourth-order valence-corrected chi connectivity index (χ4v) is 6.72. The molecular formula is C33H38Cl2N8O4. The Labute approximate surface area is 283 Å². The number of imidazole rings is 2. The molecule has 4 heterocycles. The van der Waals surface area contributed by atoms with Crippen LogP contribution in [0.25, 0.3) is 5.57 Å². The van der Waals surface area contributed by atoms with Gasteiger partial charge in [0.05, 0.1) is 24.0 Å². The van der Waals surface area contributed by atoms with E-state index < -0.39 is 28.0 Å². The zero-order valence-electron chi connectivity index (χ0n) is 27.0. The number of fused-ring (bicyclic) bond motifs is 2. The summed E-state index contributed by atoms with van der Waals surface area (Å²) in [5, 5.41) is 9.16. The third-order valence-corrected chi connectivity index (χ3v) is 9.35. The van der Waals surface area contributed by atoms with E-state index in [0.717, 1.165) is 30.0 Å². The van der Waals surface area contributed by atoms with Gasteiger partial charge in [0, 0.05) is 63.6 Å². The predicted molar refractivity (Wildman–Crippen MR) is 179 cm³/mol. The molecule has 0 bridgehead atoms. The van der Waals surface area contributed by atoms with Gasteiger partial charge in [-0.05, 0) is 44.0 Å². The van der Waals surface area contributed by atoms with Gasteiger partial charge in [0.1, 0.15) is 5.60 Å². The van der Waals surface area contributed by atoms with E-state index >= 15 is 0 Å². The lowest BCUT2D eigenvalue weighted by molar-refractivity contribution is 0.0220. The standard InChI is InChI=1S/C33H38Cl2N8O4/c1-32(2,3)47-31(46)43-15-13-25-23(18-43)39-28(42(25)5)30(45)40-26-11-7-10-21(33(26,34)35)19-8-6-9-20(16-19)37-29(44)27-38-22-17-36-14-12-24(22)41(27)4/h6-11,16,26,36H,12-15,17-18H2,1-5H3,(H,37,44)(H,40,45). The van der Waals surface area contributed by atoms with Gasteiger partial charge in [-0.2, -0.15) is 0 Å².